The fourth-order valence-electron chi connectivity index (χ4n) is 3.70. The number of benzene rings is 2. The Hall–Kier alpha value is -4.14. The minimum absolute atomic E-state index is 0.109. The number of urea groups is 2. The van der Waals surface area contributed by atoms with Gasteiger partial charge in [-0.3, -0.25) is 4.79 Å². The number of carbonyl (C=O) groups is 2. The largest absolute Gasteiger partial charge is 0.341 e. The van der Waals surface area contributed by atoms with Gasteiger partial charge in [0.05, 0.1) is 0 Å². The van der Waals surface area contributed by atoms with Crippen molar-refractivity contribution in [3.63, 3.8) is 0 Å². The van der Waals surface area contributed by atoms with Crippen LogP contribution in [0.3, 0.4) is 0 Å². The molecule has 1 aliphatic rings. The molecule has 0 saturated carbocycles. The molecule has 8 nitrogen and oxygen atoms in total. The average molecular weight is 435 g/mol. The van der Waals surface area contributed by atoms with Crippen LogP contribution in [0.4, 0.5) is 25.4 Å². The summed E-state index contributed by atoms with van der Waals surface area (Å²) in [6, 6.07) is 10.8. The number of carbonyl (C=O) groups excluding carboxylic acids is 2. The van der Waals surface area contributed by atoms with E-state index < -0.39 is 11.6 Å². The van der Waals surface area contributed by atoms with Gasteiger partial charge >= 0.3 is 12.1 Å². The normalized spacial score (nSPS) is 12.3. The number of hydrogen-bond acceptors (Lipinski definition) is 3. The minimum atomic E-state index is -0.503. The number of rotatable bonds is 3. The summed E-state index contributed by atoms with van der Waals surface area (Å²) in [5.74, 6) is -0.319. The molecule has 2 heterocycles. The van der Waals surface area contributed by atoms with E-state index in [9.17, 15) is 18.8 Å². The van der Waals surface area contributed by atoms with Gasteiger partial charge in [0.25, 0.3) is 5.56 Å². The summed E-state index contributed by atoms with van der Waals surface area (Å²) in [5.41, 5.74) is 4.27. The molecule has 0 bridgehead atoms. The Labute approximate surface area is 183 Å². The summed E-state index contributed by atoms with van der Waals surface area (Å²) in [6.07, 6.45) is 1.55. The standard InChI is InChI=1S/C23H22FN5O3/c1-13-18(15-9-20(21(30)26-10-15)27-22(31)25-2)4-3-5-19(13)28-23(32)29-11-14-6-7-17(24)8-16(14)12-29/h3-10H,11-12H2,1-2H3,(H,26,30)(H,28,32)(H2,25,27,31). The first-order valence-electron chi connectivity index (χ1n) is 10.0. The van der Waals surface area contributed by atoms with Gasteiger partial charge in [0.2, 0.25) is 0 Å². The third-order valence-corrected chi connectivity index (χ3v) is 5.44. The van der Waals surface area contributed by atoms with Gasteiger partial charge in [-0.1, -0.05) is 18.2 Å². The zero-order valence-electron chi connectivity index (χ0n) is 17.6. The van der Waals surface area contributed by atoms with Gasteiger partial charge in [0, 0.05) is 37.6 Å². The number of amides is 4. The highest BCUT2D eigenvalue weighted by Crippen LogP contribution is 2.30. The third-order valence-electron chi connectivity index (χ3n) is 5.44. The molecule has 1 aliphatic heterocycles. The first kappa shape index (κ1) is 21.1. The van der Waals surface area contributed by atoms with Crippen LogP contribution in [0.2, 0.25) is 0 Å². The molecule has 0 atom stereocenters. The molecule has 164 valence electrons. The van der Waals surface area contributed by atoms with Gasteiger partial charge in [-0.15, -0.1) is 0 Å². The minimum Gasteiger partial charge on any atom is -0.341 e. The van der Waals surface area contributed by atoms with Crippen molar-refractivity contribution in [1.82, 2.24) is 15.2 Å². The molecule has 0 radical (unpaired) electrons. The lowest BCUT2D eigenvalue weighted by atomic mass is 10.0. The van der Waals surface area contributed by atoms with Crippen molar-refractivity contribution in [1.29, 1.82) is 0 Å². The summed E-state index contributed by atoms with van der Waals surface area (Å²) < 4.78 is 13.5. The van der Waals surface area contributed by atoms with Crippen LogP contribution in [-0.2, 0) is 13.1 Å². The fraction of sp³-hybridized carbons (Fsp3) is 0.174. The van der Waals surface area contributed by atoms with Crippen LogP contribution in [0.5, 0.6) is 0 Å². The van der Waals surface area contributed by atoms with Gasteiger partial charge in [-0.25, -0.2) is 14.0 Å². The highest BCUT2D eigenvalue weighted by molar-refractivity contribution is 5.93. The van der Waals surface area contributed by atoms with Crippen LogP contribution in [0, 0.1) is 12.7 Å². The van der Waals surface area contributed by atoms with Gasteiger partial charge in [-0.05, 0) is 53.4 Å². The summed E-state index contributed by atoms with van der Waals surface area (Å²) in [5, 5.41) is 7.81. The topological polar surface area (TPSA) is 106 Å². The third kappa shape index (κ3) is 4.18. The van der Waals surface area contributed by atoms with E-state index in [0.717, 1.165) is 22.3 Å². The van der Waals surface area contributed by atoms with E-state index in [0.29, 0.717) is 24.3 Å². The van der Waals surface area contributed by atoms with Crippen LogP contribution in [-0.4, -0.2) is 29.0 Å². The maximum absolute atomic E-state index is 13.5. The first-order valence-corrected chi connectivity index (χ1v) is 10.0. The highest BCUT2D eigenvalue weighted by atomic mass is 19.1. The average Bonchev–Trinajstić information content (AvgIpc) is 3.20. The molecule has 4 amide bonds. The Kier molecular flexibility index (Phi) is 5.63. The van der Waals surface area contributed by atoms with E-state index in [1.54, 1.807) is 35.4 Å². The number of fused-ring (bicyclic) bond motifs is 1. The van der Waals surface area contributed by atoms with Crippen molar-refractivity contribution in [2.45, 2.75) is 20.0 Å². The number of pyridine rings is 1. The lowest BCUT2D eigenvalue weighted by Gasteiger charge is -2.19. The van der Waals surface area contributed by atoms with Crippen molar-refractivity contribution < 1.29 is 14.0 Å². The number of aromatic nitrogens is 1. The van der Waals surface area contributed by atoms with Crippen molar-refractivity contribution in [2.24, 2.45) is 0 Å². The van der Waals surface area contributed by atoms with Gasteiger partial charge in [0.1, 0.15) is 11.5 Å². The SMILES string of the molecule is CNC(=O)Nc1cc(-c2cccc(NC(=O)N3Cc4ccc(F)cc4C3)c2C)c[nH]c1=O. The summed E-state index contributed by atoms with van der Waals surface area (Å²) in [4.78, 5) is 40.7. The fourth-order valence-corrected chi connectivity index (χ4v) is 3.70. The van der Waals surface area contributed by atoms with Crippen molar-refractivity contribution in [2.75, 3.05) is 17.7 Å². The molecule has 0 fully saturated rings. The molecular weight excluding hydrogens is 413 g/mol. The molecule has 0 spiro atoms. The Morgan fingerprint density at radius 1 is 1.03 bits per heavy atom. The number of hydrogen-bond donors (Lipinski definition) is 4. The Bertz CT molecular complexity index is 1270. The quantitative estimate of drug-likeness (QED) is 0.503. The molecule has 0 saturated heterocycles. The van der Waals surface area contributed by atoms with Gasteiger partial charge in [0.15, 0.2) is 0 Å². The maximum Gasteiger partial charge on any atom is 0.322 e. The molecule has 4 N–H and O–H groups in total. The zero-order chi connectivity index (χ0) is 22.8. The molecular formula is C23H22FN5O3. The van der Waals surface area contributed by atoms with E-state index in [-0.39, 0.29) is 17.5 Å². The second-order valence-electron chi connectivity index (χ2n) is 7.51. The number of aromatic amines is 1. The predicted molar refractivity (Wildman–Crippen MR) is 120 cm³/mol. The number of nitrogens with one attached hydrogen (secondary N) is 4. The van der Waals surface area contributed by atoms with Crippen LogP contribution in [0.15, 0.2) is 53.5 Å². The lowest BCUT2D eigenvalue weighted by Crippen LogP contribution is -2.30. The summed E-state index contributed by atoms with van der Waals surface area (Å²) >= 11 is 0. The van der Waals surface area contributed by atoms with Crippen LogP contribution >= 0.6 is 0 Å². The van der Waals surface area contributed by atoms with E-state index in [4.69, 9.17) is 0 Å². The van der Waals surface area contributed by atoms with E-state index in [1.165, 1.54) is 19.2 Å². The molecule has 9 heteroatoms. The molecule has 2 aromatic carbocycles. The smallest absolute Gasteiger partial charge is 0.322 e. The van der Waals surface area contributed by atoms with Crippen molar-refractivity contribution in [3.8, 4) is 11.1 Å². The summed E-state index contributed by atoms with van der Waals surface area (Å²) in [6.45, 7) is 2.61. The lowest BCUT2D eigenvalue weighted by molar-refractivity contribution is 0.212. The second-order valence-corrected chi connectivity index (χ2v) is 7.51. The molecule has 4 rings (SSSR count). The monoisotopic (exact) mass is 435 g/mol. The summed E-state index contributed by atoms with van der Waals surface area (Å²) in [7, 11) is 1.46. The van der Waals surface area contributed by atoms with Crippen molar-refractivity contribution >= 4 is 23.4 Å². The number of anilines is 2. The Morgan fingerprint density at radius 3 is 2.59 bits per heavy atom. The highest BCUT2D eigenvalue weighted by Gasteiger charge is 2.24. The van der Waals surface area contributed by atoms with Crippen LogP contribution < -0.4 is 21.5 Å². The molecule has 1 aromatic heterocycles. The second kappa shape index (κ2) is 8.54. The van der Waals surface area contributed by atoms with Crippen LogP contribution in [0.1, 0.15) is 16.7 Å². The Morgan fingerprint density at radius 2 is 1.81 bits per heavy atom. The van der Waals surface area contributed by atoms with E-state index in [2.05, 4.69) is 20.9 Å². The van der Waals surface area contributed by atoms with Gasteiger partial charge < -0.3 is 25.8 Å². The van der Waals surface area contributed by atoms with E-state index >= 15 is 0 Å². The predicted octanol–water partition coefficient (Wildman–Crippen LogP) is 3.79. The number of H-pyrrole nitrogens is 1. The van der Waals surface area contributed by atoms with Gasteiger partial charge in [-0.2, -0.15) is 0 Å². The zero-order valence-corrected chi connectivity index (χ0v) is 17.6. The number of nitrogens with zero attached hydrogens (tertiary/aromatic N) is 1. The van der Waals surface area contributed by atoms with E-state index in [1.807, 2.05) is 13.0 Å². The molecule has 0 aliphatic carbocycles. The molecule has 0 unspecified atom stereocenters. The van der Waals surface area contributed by atoms with Crippen LogP contribution in [0.25, 0.3) is 11.1 Å². The van der Waals surface area contributed by atoms with Crippen molar-refractivity contribution in [3.05, 3.63) is 81.5 Å². The maximum atomic E-state index is 13.5. The number of halogens is 1. The molecule has 3 aromatic rings. The molecule has 32 heavy (non-hydrogen) atoms. The first-order chi connectivity index (χ1) is 15.4. The Balaban J connectivity index is 1.56.